The van der Waals surface area contributed by atoms with Crippen LogP contribution in [-0.4, -0.2) is 4.98 Å². The second-order valence-electron chi connectivity index (χ2n) is 3.74. The highest BCUT2D eigenvalue weighted by Gasteiger charge is 2.03. The van der Waals surface area contributed by atoms with Gasteiger partial charge in [-0.2, -0.15) is 0 Å². The zero-order chi connectivity index (χ0) is 10.8. The fourth-order valence-electron chi connectivity index (χ4n) is 1.50. The van der Waals surface area contributed by atoms with Crippen LogP contribution in [0.3, 0.4) is 0 Å². The third-order valence-electron chi connectivity index (χ3n) is 2.61. The molecule has 0 aliphatic heterocycles. The molecule has 0 aliphatic rings. The van der Waals surface area contributed by atoms with Gasteiger partial charge in [0.25, 0.3) is 0 Å². The lowest BCUT2D eigenvalue weighted by atomic mass is 10.1. The molecule has 0 aliphatic carbocycles. The number of nitrogens with two attached hydrogens (primary N) is 1. The number of rotatable bonds is 1. The lowest BCUT2D eigenvalue weighted by Crippen LogP contribution is -1.93. The van der Waals surface area contributed by atoms with Gasteiger partial charge in [0, 0.05) is 17.4 Å². The molecular formula is C13H14N2. The first-order valence-corrected chi connectivity index (χ1v) is 4.96. The third kappa shape index (κ3) is 1.84. The molecule has 0 radical (unpaired) electrons. The van der Waals surface area contributed by atoms with Crippen molar-refractivity contribution in [3.05, 3.63) is 47.7 Å². The van der Waals surface area contributed by atoms with Gasteiger partial charge in [-0.15, -0.1) is 0 Å². The minimum atomic E-state index is 0.772. The smallest absolute Gasteiger partial charge is 0.0725 e. The Bertz CT molecular complexity index is 490. The molecule has 2 rings (SSSR count). The van der Waals surface area contributed by atoms with E-state index in [2.05, 4.69) is 24.9 Å². The lowest BCUT2D eigenvalue weighted by Gasteiger charge is -2.06. The zero-order valence-electron chi connectivity index (χ0n) is 8.99. The fourth-order valence-corrected chi connectivity index (χ4v) is 1.50. The normalized spacial score (nSPS) is 10.3. The molecule has 1 aromatic heterocycles. The van der Waals surface area contributed by atoms with E-state index in [4.69, 9.17) is 5.73 Å². The Balaban J connectivity index is 2.55. The van der Waals surface area contributed by atoms with Gasteiger partial charge in [-0.05, 0) is 37.1 Å². The molecule has 0 atom stereocenters. The molecule has 1 aromatic carbocycles. The van der Waals surface area contributed by atoms with Gasteiger partial charge in [-0.25, -0.2) is 0 Å². The second-order valence-corrected chi connectivity index (χ2v) is 3.74. The van der Waals surface area contributed by atoms with Crippen LogP contribution in [0.2, 0.25) is 0 Å². The Morgan fingerprint density at radius 3 is 2.47 bits per heavy atom. The van der Waals surface area contributed by atoms with Crippen molar-refractivity contribution >= 4 is 5.69 Å². The minimum absolute atomic E-state index is 0.772. The number of aromatic nitrogens is 1. The van der Waals surface area contributed by atoms with E-state index < -0.39 is 0 Å². The van der Waals surface area contributed by atoms with Gasteiger partial charge in [0.15, 0.2) is 0 Å². The number of para-hydroxylation sites is 1. The maximum absolute atomic E-state index is 5.90. The van der Waals surface area contributed by atoms with E-state index in [0.29, 0.717) is 0 Å². The summed E-state index contributed by atoms with van der Waals surface area (Å²) < 4.78 is 0. The number of pyridine rings is 1. The topological polar surface area (TPSA) is 38.9 Å². The minimum Gasteiger partial charge on any atom is -0.398 e. The Labute approximate surface area is 89.8 Å². The summed E-state index contributed by atoms with van der Waals surface area (Å²) >= 11 is 0. The van der Waals surface area contributed by atoms with Crippen LogP contribution >= 0.6 is 0 Å². The highest BCUT2D eigenvalue weighted by Crippen LogP contribution is 2.24. The average molecular weight is 198 g/mol. The van der Waals surface area contributed by atoms with E-state index in [1.807, 2.05) is 30.5 Å². The van der Waals surface area contributed by atoms with Gasteiger partial charge in [0.1, 0.15) is 0 Å². The van der Waals surface area contributed by atoms with Crippen LogP contribution in [0.5, 0.6) is 0 Å². The summed E-state index contributed by atoms with van der Waals surface area (Å²) in [6.45, 7) is 4.14. The molecule has 76 valence electrons. The van der Waals surface area contributed by atoms with Gasteiger partial charge in [0.2, 0.25) is 0 Å². The van der Waals surface area contributed by atoms with Crippen LogP contribution in [0, 0.1) is 13.8 Å². The molecule has 0 saturated heterocycles. The average Bonchev–Trinajstić information content (AvgIpc) is 2.23. The molecule has 0 saturated carbocycles. The van der Waals surface area contributed by atoms with Gasteiger partial charge in [-0.3, -0.25) is 4.98 Å². The van der Waals surface area contributed by atoms with Crippen LogP contribution in [0.15, 0.2) is 36.5 Å². The first-order chi connectivity index (χ1) is 7.18. The second kappa shape index (κ2) is 3.73. The summed E-state index contributed by atoms with van der Waals surface area (Å²) in [5, 5.41) is 0. The van der Waals surface area contributed by atoms with Crippen LogP contribution in [0.1, 0.15) is 11.1 Å². The van der Waals surface area contributed by atoms with E-state index in [1.165, 1.54) is 11.1 Å². The van der Waals surface area contributed by atoms with Gasteiger partial charge >= 0.3 is 0 Å². The van der Waals surface area contributed by atoms with E-state index in [-0.39, 0.29) is 0 Å². The van der Waals surface area contributed by atoms with Crippen LogP contribution < -0.4 is 5.73 Å². The maximum atomic E-state index is 5.90. The summed E-state index contributed by atoms with van der Waals surface area (Å²) in [5.41, 5.74) is 11.1. The van der Waals surface area contributed by atoms with E-state index in [1.54, 1.807) is 0 Å². The largest absolute Gasteiger partial charge is 0.398 e. The molecule has 0 spiro atoms. The Morgan fingerprint density at radius 2 is 1.80 bits per heavy atom. The summed E-state index contributed by atoms with van der Waals surface area (Å²) in [7, 11) is 0. The van der Waals surface area contributed by atoms with Crippen LogP contribution in [0.25, 0.3) is 11.3 Å². The van der Waals surface area contributed by atoms with Crippen molar-refractivity contribution in [1.82, 2.24) is 4.98 Å². The Hall–Kier alpha value is -1.83. The van der Waals surface area contributed by atoms with Crippen molar-refractivity contribution < 1.29 is 0 Å². The number of anilines is 1. The number of nitrogens with zero attached hydrogens (tertiary/aromatic N) is 1. The number of nitrogen functional groups attached to an aromatic ring is 1. The molecule has 15 heavy (non-hydrogen) atoms. The van der Waals surface area contributed by atoms with Gasteiger partial charge < -0.3 is 5.73 Å². The van der Waals surface area contributed by atoms with E-state index >= 15 is 0 Å². The van der Waals surface area contributed by atoms with Crippen molar-refractivity contribution in [2.45, 2.75) is 13.8 Å². The standard InChI is InChI=1S/C13H14N2/c1-9-7-13(15-8-10(9)2)11-5-3-4-6-12(11)14/h3-8H,14H2,1-2H3. The fraction of sp³-hybridized carbons (Fsp3) is 0.154. The number of benzene rings is 1. The maximum Gasteiger partial charge on any atom is 0.0725 e. The van der Waals surface area contributed by atoms with Crippen LogP contribution in [-0.2, 0) is 0 Å². The molecule has 2 nitrogen and oxygen atoms in total. The summed E-state index contributed by atoms with van der Waals surface area (Å²) in [6.07, 6.45) is 1.89. The highest BCUT2D eigenvalue weighted by molar-refractivity contribution is 5.73. The third-order valence-corrected chi connectivity index (χ3v) is 2.61. The van der Waals surface area contributed by atoms with E-state index in [0.717, 1.165) is 16.9 Å². The van der Waals surface area contributed by atoms with Crippen molar-refractivity contribution in [2.24, 2.45) is 0 Å². The predicted octanol–water partition coefficient (Wildman–Crippen LogP) is 2.95. The Kier molecular flexibility index (Phi) is 2.42. The number of hydrogen-bond acceptors (Lipinski definition) is 2. The molecule has 1 heterocycles. The van der Waals surface area contributed by atoms with Crippen molar-refractivity contribution in [3.63, 3.8) is 0 Å². The first-order valence-electron chi connectivity index (χ1n) is 4.96. The number of hydrogen-bond donors (Lipinski definition) is 1. The summed E-state index contributed by atoms with van der Waals surface area (Å²) in [5.74, 6) is 0. The summed E-state index contributed by atoms with van der Waals surface area (Å²) in [6, 6.07) is 9.86. The van der Waals surface area contributed by atoms with Gasteiger partial charge in [-0.1, -0.05) is 18.2 Å². The van der Waals surface area contributed by atoms with Crippen LogP contribution in [0.4, 0.5) is 5.69 Å². The quantitative estimate of drug-likeness (QED) is 0.715. The lowest BCUT2D eigenvalue weighted by molar-refractivity contribution is 1.22. The van der Waals surface area contributed by atoms with Crippen molar-refractivity contribution in [2.75, 3.05) is 5.73 Å². The number of aryl methyl sites for hydroxylation is 2. The molecule has 2 heteroatoms. The molecule has 0 amide bonds. The molecule has 0 unspecified atom stereocenters. The van der Waals surface area contributed by atoms with E-state index in [9.17, 15) is 0 Å². The zero-order valence-corrected chi connectivity index (χ0v) is 8.99. The molecular weight excluding hydrogens is 184 g/mol. The molecule has 2 aromatic rings. The Morgan fingerprint density at radius 1 is 1.07 bits per heavy atom. The van der Waals surface area contributed by atoms with Crippen molar-refractivity contribution in [1.29, 1.82) is 0 Å². The summed E-state index contributed by atoms with van der Waals surface area (Å²) in [4.78, 5) is 4.39. The van der Waals surface area contributed by atoms with Gasteiger partial charge in [0.05, 0.1) is 5.69 Å². The molecule has 2 N–H and O–H groups in total. The monoisotopic (exact) mass is 198 g/mol. The molecule has 0 bridgehead atoms. The highest BCUT2D eigenvalue weighted by atomic mass is 14.7. The molecule has 0 fully saturated rings. The SMILES string of the molecule is Cc1cnc(-c2ccccc2N)cc1C. The van der Waals surface area contributed by atoms with Crippen molar-refractivity contribution in [3.8, 4) is 11.3 Å². The first kappa shape index (κ1) is 9.71. The predicted molar refractivity (Wildman–Crippen MR) is 63.6 cm³/mol.